The van der Waals surface area contributed by atoms with Gasteiger partial charge in [-0.1, -0.05) is 0 Å². The third kappa shape index (κ3) is 2.75. The van der Waals surface area contributed by atoms with Crippen LogP contribution in [0.15, 0.2) is 0 Å². The lowest BCUT2D eigenvalue weighted by atomic mass is 10.1. The number of amides is 2. The lowest BCUT2D eigenvalue weighted by Gasteiger charge is -2.26. The molecule has 0 aromatic heterocycles. The van der Waals surface area contributed by atoms with E-state index < -0.39 is 12.0 Å². The number of carboxylic acid groups (broad SMARTS) is 1. The highest BCUT2D eigenvalue weighted by atomic mass is 16.5. The van der Waals surface area contributed by atoms with E-state index in [0.717, 1.165) is 6.42 Å². The van der Waals surface area contributed by atoms with E-state index in [-0.39, 0.29) is 18.2 Å². The SMILES string of the molecule is CC(C(=O)O)N(C)C(=O)NC1CCOC1C1CC1. The molecule has 0 radical (unpaired) electrons. The molecule has 0 aromatic rings. The van der Waals surface area contributed by atoms with Crippen LogP contribution in [0, 0.1) is 5.92 Å². The molecule has 3 atom stereocenters. The molecular weight excluding hydrogens is 236 g/mol. The molecule has 1 saturated heterocycles. The summed E-state index contributed by atoms with van der Waals surface area (Å²) in [5.41, 5.74) is 0. The summed E-state index contributed by atoms with van der Waals surface area (Å²) in [5.74, 6) is -0.436. The van der Waals surface area contributed by atoms with E-state index in [2.05, 4.69) is 5.32 Å². The van der Waals surface area contributed by atoms with E-state index in [4.69, 9.17) is 9.84 Å². The molecule has 2 aliphatic rings. The second-order valence-electron chi connectivity index (χ2n) is 5.14. The van der Waals surface area contributed by atoms with Crippen molar-refractivity contribution in [1.82, 2.24) is 10.2 Å². The van der Waals surface area contributed by atoms with Crippen LogP contribution in [0.4, 0.5) is 4.79 Å². The van der Waals surface area contributed by atoms with Crippen molar-refractivity contribution in [1.29, 1.82) is 0 Å². The maximum Gasteiger partial charge on any atom is 0.326 e. The van der Waals surface area contributed by atoms with E-state index in [0.29, 0.717) is 12.5 Å². The summed E-state index contributed by atoms with van der Waals surface area (Å²) in [6.45, 7) is 2.16. The van der Waals surface area contributed by atoms with Crippen molar-refractivity contribution >= 4 is 12.0 Å². The van der Waals surface area contributed by atoms with Crippen LogP contribution in [-0.2, 0) is 9.53 Å². The highest BCUT2D eigenvalue weighted by molar-refractivity contribution is 5.82. The van der Waals surface area contributed by atoms with E-state index in [1.807, 2.05) is 0 Å². The number of carbonyl (C=O) groups excluding carboxylic acids is 1. The quantitative estimate of drug-likeness (QED) is 0.775. The fourth-order valence-corrected chi connectivity index (χ4v) is 2.26. The lowest BCUT2D eigenvalue weighted by Crippen LogP contribution is -2.51. The second-order valence-corrected chi connectivity index (χ2v) is 5.14. The molecule has 2 fully saturated rings. The standard InChI is InChI=1S/C12H20N2O4/c1-7(11(15)16)14(2)12(17)13-9-5-6-18-10(9)8-3-4-8/h7-10H,3-6H2,1-2H3,(H,13,17)(H,15,16). The van der Waals surface area contributed by atoms with Crippen LogP contribution >= 0.6 is 0 Å². The Kier molecular flexibility index (Phi) is 3.75. The zero-order valence-electron chi connectivity index (χ0n) is 10.8. The van der Waals surface area contributed by atoms with Crippen molar-refractivity contribution in [2.75, 3.05) is 13.7 Å². The first-order valence-corrected chi connectivity index (χ1v) is 6.38. The number of ether oxygens (including phenoxy) is 1. The van der Waals surface area contributed by atoms with Crippen molar-refractivity contribution in [3.05, 3.63) is 0 Å². The normalized spacial score (nSPS) is 28.8. The number of rotatable bonds is 4. The van der Waals surface area contributed by atoms with Crippen LogP contribution in [0.25, 0.3) is 0 Å². The lowest BCUT2D eigenvalue weighted by molar-refractivity contribution is -0.141. The zero-order chi connectivity index (χ0) is 13.3. The Morgan fingerprint density at radius 3 is 2.61 bits per heavy atom. The molecule has 3 unspecified atom stereocenters. The van der Waals surface area contributed by atoms with Gasteiger partial charge in [-0.05, 0) is 32.1 Å². The number of urea groups is 1. The van der Waals surface area contributed by atoms with Crippen molar-refractivity contribution in [3.8, 4) is 0 Å². The molecule has 18 heavy (non-hydrogen) atoms. The summed E-state index contributed by atoms with van der Waals surface area (Å²) < 4.78 is 5.63. The third-order valence-electron chi connectivity index (χ3n) is 3.79. The zero-order valence-corrected chi connectivity index (χ0v) is 10.8. The third-order valence-corrected chi connectivity index (χ3v) is 3.79. The summed E-state index contributed by atoms with van der Waals surface area (Å²) in [6, 6.07) is -1.15. The highest BCUT2D eigenvalue weighted by Gasteiger charge is 2.41. The van der Waals surface area contributed by atoms with Crippen molar-refractivity contribution < 1.29 is 19.4 Å². The Bertz CT molecular complexity index is 343. The first kappa shape index (κ1) is 13.1. The summed E-state index contributed by atoms with van der Waals surface area (Å²) in [6.07, 6.45) is 3.25. The number of hydrogen-bond donors (Lipinski definition) is 2. The maximum atomic E-state index is 11.9. The predicted molar refractivity (Wildman–Crippen MR) is 64.3 cm³/mol. The van der Waals surface area contributed by atoms with Crippen LogP contribution in [0.2, 0.25) is 0 Å². The molecule has 1 heterocycles. The molecule has 0 aromatic carbocycles. The monoisotopic (exact) mass is 256 g/mol. The number of nitrogens with zero attached hydrogens (tertiary/aromatic N) is 1. The van der Waals surface area contributed by atoms with Gasteiger partial charge in [-0.2, -0.15) is 0 Å². The molecule has 1 aliphatic carbocycles. The van der Waals surface area contributed by atoms with Gasteiger partial charge in [0.2, 0.25) is 0 Å². The van der Waals surface area contributed by atoms with E-state index in [9.17, 15) is 9.59 Å². The van der Waals surface area contributed by atoms with E-state index in [1.165, 1.54) is 31.7 Å². The van der Waals surface area contributed by atoms with Gasteiger partial charge in [0.1, 0.15) is 6.04 Å². The molecule has 6 heteroatoms. The average Bonchev–Trinajstić information content (AvgIpc) is 3.08. The van der Waals surface area contributed by atoms with Gasteiger partial charge in [-0.15, -0.1) is 0 Å². The number of nitrogens with one attached hydrogen (secondary N) is 1. The number of carbonyl (C=O) groups is 2. The van der Waals surface area contributed by atoms with Crippen LogP contribution in [0.3, 0.4) is 0 Å². The van der Waals surface area contributed by atoms with Crippen molar-refractivity contribution in [2.45, 2.75) is 44.4 Å². The summed E-state index contributed by atoms with van der Waals surface area (Å²) in [5, 5.41) is 11.8. The van der Waals surface area contributed by atoms with Gasteiger partial charge in [-0.25, -0.2) is 9.59 Å². The Morgan fingerprint density at radius 1 is 1.39 bits per heavy atom. The van der Waals surface area contributed by atoms with Crippen LogP contribution in [0.5, 0.6) is 0 Å². The molecule has 6 nitrogen and oxygen atoms in total. The van der Waals surface area contributed by atoms with Crippen LogP contribution < -0.4 is 5.32 Å². The molecule has 1 saturated carbocycles. The van der Waals surface area contributed by atoms with Gasteiger partial charge in [0.05, 0.1) is 12.1 Å². The predicted octanol–water partition coefficient (Wildman–Crippen LogP) is 0.668. The number of aliphatic carboxylic acids is 1. The smallest absolute Gasteiger partial charge is 0.326 e. The van der Waals surface area contributed by atoms with E-state index >= 15 is 0 Å². The molecule has 0 bridgehead atoms. The molecule has 1 aliphatic heterocycles. The van der Waals surface area contributed by atoms with Gasteiger partial charge in [0.15, 0.2) is 0 Å². The average molecular weight is 256 g/mol. The minimum atomic E-state index is -1.01. The number of carboxylic acids is 1. The minimum Gasteiger partial charge on any atom is -0.480 e. The van der Waals surface area contributed by atoms with Crippen molar-refractivity contribution in [3.63, 3.8) is 0 Å². The van der Waals surface area contributed by atoms with Gasteiger partial charge in [0, 0.05) is 13.7 Å². The Balaban J connectivity index is 1.88. The van der Waals surface area contributed by atoms with Crippen LogP contribution in [-0.4, -0.2) is 53.8 Å². The molecular formula is C12H20N2O4. The molecule has 2 rings (SSSR count). The summed E-state index contributed by atoms with van der Waals surface area (Å²) in [4.78, 5) is 24.0. The number of hydrogen-bond acceptors (Lipinski definition) is 3. The van der Waals surface area contributed by atoms with Gasteiger partial charge in [-0.3, -0.25) is 0 Å². The fourth-order valence-electron chi connectivity index (χ4n) is 2.26. The maximum absolute atomic E-state index is 11.9. The largest absolute Gasteiger partial charge is 0.480 e. The van der Waals surface area contributed by atoms with Gasteiger partial charge in [0.25, 0.3) is 0 Å². The highest BCUT2D eigenvalue weighted by Crippen LogP contribution is 2.38. The molecule has 2 amide bonds. The molecule has 2 N–H and O–H groups in total. The Labute approximate surface area is 106 Å². The van der Waals surface area contributed by atoms with Gasteiger partial charge < -0.3 is 20.1 Å². The second kappa shape index (κ2) is 5.14. The molecule has 102 valence electrons. The van der Waals surface area contributed by atoms with E-state index in [1.54, 1.807) is 0 Å². The topological polar surface area (TPSA) is 78.9 Å². The number of likely N-dealkylation sites (N-methyl/N-ethyl adjacent to an activating group) is 1. The fraction of sp³-hybridized carbons (Fsp3) is 0.833. The summed E-state index contributed by atoms with van der Waals surface area (Å²) >= 11 is 0. The van der Waals surface area contributed by atoms with Gasteiger partial charge >= 0.3 is 12.0 Å². The summed E-state index contributed by atoms with van der Waals surface area (Å²) in [7, 11) is 1.50. The Morgan fingerprint density at radius 2 is 2.06 bits per heavy atom. The van der Waals surface area contributed by atoms with Crippen molar-refractivity contribution in [2.24, 2.45) is 5.92 Å². The van der Waals surface area contributed by atoms with Crippen LogP contribution in [0.1, 0.15) is 26.2 Å². The first-order chi connectivity index (χ1) is 8.50. The molecule has 0 spiro atoms. The minimum absolute atomic E-state index is 0.0217. The first-order valence-electron chi connectivity index (χ1n) is 6.38. The Hall–Kier alpha value is -1.30.